The summed E-state index contributed by atoms with van der Waals surface area (Å²) in [5, 5.41) is 2.78. The SMILES string of the molecule is Cc1nccn1-c1ncc(NC(=O)CCc2ccc(F)c(Cl)c2)cn1. The molecule has 2 aromatic heterocycles. The number of rotatable bonds is 5. The van der Waals surface area contributed by atoms with Crippen LogP contribution in [0.2, 0.25) is 5.02 Å². The fourth-order valence-corrected chi connectivity index (χ4v) is 2.48. The molecule has 6 nitrogen and oxygen atoms in total. The Kier molecular flexibility index (Phi) is 5.04. The second-order valence-electron chi connectivity index (χ2n) is 5.41. The highest BCUT2D eigenvalue weighted by molar-refractivity contribution is 6.30. The van der Waals surface area contributed by atoms with Gasteiger partial charge in [0.15, 0.2) is 0 Å². The topological polar surface area (TPSA) is 72.7 Å². The van der Waals surface area contributed by atoms with E-state index in [0.29, 0.717) is 18.1 Å². The largest absolute Gasteiger partial charge is 0.323 e. The van der Waals surface area contributed by atoms with Crippen LogP contribution >= 0.6 is 11.6 Å². The molecule has 3 aromatic rings. The zero-order valence-electron chi connectivity index (χ0n) is 13.4. The van der Waals surface area contributed by atoms with E-state index in [9.17, 15) is 9.18 Å². The summed E-state index contributed by atoms with van der Waals surface area (Å²) in [6.07, 6.45) is 7.19. The number of amides is 1. The second kappa shape index (κ2) is 7.40. The number of nitrogens with zero attached hydrogens (tertiary/aromatic N) is 4. The first kappa shape index (κ1) is 17.0. The molecular weight excluding hydrogens is 345 g/mol. The minimum absolute atomic E-state index is 0.0525. The van der Waals surface area contributed by atoms with Crippen molar-refractivity contribution in [3.63, 3.8) is 0 Å². The van der Waals surface area contributed by atoms with Crippen molar-refractivity contribution < 1.29 is 9.18 Å². The van der Waals surface area contributed by atoms with Crippen molar-refractivity contribution in [2.75, 3.05) is 5.32 Å². The van der Waals surface area contributed by atoms with E-state index in [1.54, 1.807) is 23.0 Å². The Labute approximate surface area is 148 Å². The fourth-order valence-electron chi connectivity index (χ4n) is 2.28. The Hall–Kier alpha value is -2.80. The van der Waals surface area contributed by atoms with Crippen molar-refractivity contribution in [1.82, 2.24) is 19.5 Å². The number of carbonyl (C=O) groups excluding carboxylic acids is 1. The summed E-state index contributed by atoms with van der Waals surface area (Å²) in [4.78, 5) is 24.6. The van der Waals surface area contributed by atoms with Gasteiger partial charge in [-0.25, -0.2) is 19.3 Å². The highest BCUT2D eigenvalue weighted by Crippen LogP contribution is 2.17. The van der Waals surface area contributed by atoms with Crippen LogP contribution in [0.4, 0.5) is 10.1 Å². The number of carbonyl (C=O) groups is 1. The molecule has 0 aliphatic carbocycles. The van der Waals surface area contributed by atoms with E-state index >= 15 is 0 Å². The molecule has 1 aromatic carbocycles. The van der Waals surface area contributed by atoms with Crippen LogP contribution in [0, 0.1) is 12.7 Å². The first-order chi connectivity index (χ1) is 12.0. The highest BCUT2D eigenvalue weighted by atomic mass is 35.5. The molecule has 128 valence electrons. The molecule has 0 radical (unpaired) electrons. The predicted molar refractivity (Wildman–Crippen MR) is 92.3 cm³/mol. The van der Waals surface area contributed by atoms with Gasteiger partial charge in [0.05, 0.1) is 23.1 Å². The van der Waals surface area contributed by atoms with Crippen molar-refractivity contribution in [1.29, 1.82) is 0 Å². The number of hydrogen-bond acceptors (Lipinski definition) is 4. The monoisotopic (exact) mass is 359 g/mol. The van der Waals surface area contributed by atoms with Gasteiger partial charge < -0.3 is 5.32 Å². The smallest absolute Gasteiger partial charge is 0.235 e. The van der Waals surface area contributed by atoms with Gasteiger partial charge in [-0.3, -0.25) is 9.36 Å². The quantitative estimate of drug-likeness (QED) is 0.758. The molecule has 0 aliphatic rings. The Bertz CT molecular complexity index is 894. The number of hydrogen-bond donors (Lipinski definition) is 1. The lowest BCUT2D eigenvalue weighted by molar-refractivity contribution is -0.116. The first-order valence-corrected chi connectivity index (χ1v) is 7.97. The summed E-state index contributed by atoms with van der Waals surface area (Å²) in [6, 6.07) is 4.43. The van der Waals surface area contributed by atoms with Crippen LogP contribution in [-0.4, -0.2) is 25.4 Å². The number of aromatic nitrogens is 4. The zero-order chi connectivity index (χ0) is 17.8. The first-order valence-electron chi connectivity index (χ1n) is 7.59. The van der Waals surface area contributed by atoms with Gasteiger partial charge in [0.1, 0.15) is 11.6 Å². The Balaban J connectivity index is 1.57. The van der Waals surface area contributed by atoms with Crippen LogP contribution in [0.5, 0.6) is 0 Å². The molecule has 0 saturated heterocycles. The van der Waals surface area contributed by atoms with Crippen LogP contribution in [0.1, 0.15) is 17.8 Å². The Morgan fingerprint density at radius 3 is 2.68 bits per heavy atom. The van der Waals surface area contributed by atoms with Gasteiger partial charge in [0, 0.05) is 18.8 Å². The second-order valence-corrected chi connectivity index (χ2v) is 5.82. The lowest BCUT2D eigenvalue weighted by atomic mass is 10.1. The van der Waals surface area contributed by atoms with Crippen LogP contribution < -0.4 is 5.32 Å². The van der Waals surface area contributed by atoms with E-state index in [2.05, 4.69) is 20.3 Å². The maximum atomic E-state index is 13.1. The average Bonchev–Trinajstić information content (AvgIpc) is 3.03. The van der Waals surface area contributed by atoms with Gasteiger partial charge in [0.25, 0.3) is 0 Å². The number of imidazole rings is 1. The standard InChI is InChI=1S/C17H15ClFN5O/c1-11-20-6-7-24(11)17-21-9-13(10-22-17)23-16(25)5-3-12-2-4-15(19)14(18)8-12/h2,4,6-10H,3,5H2,1H3,(H,23,25). The van der Waals surface area contributed by atoms with E-state index in [1.165, 1.54) is 24.5 Å². The summed E-state index contributed by atoms with van der Waals surface area (Å²) < 4.78 is 14.9. The normalized spacial score (nSPS) is 10.7. The molecule has 0 bridgehead atoms. The van der Waals surface area contributed by atoms with Gasteiger partial charge in [-0.15, -0.1) is 0 Å². The van der Waals surface area contributed by atoms with Crippen molar-refractivity contribution >= 4 is 23.2 Å². The van der Waals surface area contributed by atoms with Gasteiger partial charge in [0.2, 0.25) is 11.9 Å². The molecule has 3 rings (SSSR count). The molecule has 0 aliphatic heterocycles. The van der Waals surface area contributed by atoms with Crippen molar-refractivity contribution in [2.45, 2.75) is 19.8 Å². The molecule has 8 heteroatoms. The maximum absolute atomic E-state index is 13.1. The van der Waals surface area contributed by atoms with Crippen LogP contribution in [0.3, 0.4) is 0 Å². The van der Waals surface area contributed by atoms with E-state index in [0.717, 1.165) is 11.4 Å². The summed E-state index contributed by atoms with van der Waals surface area (Å²) in [5.41, 5.74) is 1.30. The highest BCUT2D eigenvalue weighted by Gasteiger charge is 2.07. The fraction of sp³-hybridized carbons (Fsp3) is 0.176. The lowest BCUT2D eigenvalue weighted by Crippen LogP contribution is -2.13. The van der Waals surface area contributed by atoms with E-state index in [1.807, 2.05) is 6.92 Å². The molecular formula is C17H15ClFN5O. The Morgan fingerprint density at radius 1 is 1.28 bits per heavy atom. The maximum Gasteiger partial charge on any atom is 0.235 e. The minimum atomic E-state index is -0.472. The number of halogens is 2. The van der Waals surface area contributed by atoms with Crippen LogP contribution in [-0.2, 0) is 11.2 Å². The average molecular weight is 360 g/mol. The number of benzene rings is 1. The minimum Gasteiger partial charge on any atom is -0.323 e. The molecule has 1 amide bonds. The Morgan fingerprint density at radius 2 is 2.04 bits per heavy atom. The van der Waals surface area contributed by atoms with Gasteiger partial charge in [-0.2, -0.15) is 0 Å². The molecule has 2 heterocycles. The van der Waals surface area contributed by atoms with Crippen molar-refractivity contribution in [2.24, 2.45) is 0 Å². The molecule has 1 N–H and O–H groups in total. The summed E-state index contributed by atoms with van der Waals surface area (Å²) in [7, 11) is 0. The molecule has 0 unspecified atom stereocenters. The molecule has 0 fully saturated rings. The van der Waals surface area contributed by atoms with E-state index < -0.39 is 5.82 Å². The van der Waals surface area contributed by atoms with Gasteiger partial charge >= 0.3 is 0 Å². The number of nitrogens with one attached hydrogen (secondary N) is 1. The predicted octanol–water partition coefficient (Wildman–Crippen LogP) is 3.33. The number of aryl methyl sites for hydroxylation is 2. The molecule has 0 atom stereocenters. The summed E-state index contributed by atoms with van der Waals surface area (Å²) in [5.74, 6) is 0.597. The molecule has 25 heavy (non-hydrogen) atoms. The van der Waals surface area contributed by atoms with Gasteiger partial charge in [-0.1, -0.05) is 17.7 Å². The zero-order valence-corrected chi connectivity index (χ0v) is 14.2. The molecule has 0 saturated carbocycles. The van der Waals surface area contributed by atoms with Crippen LogP contribution in [0.25, 0.3) is 5.95 Å². The third-order valence-electron chi connectivity index (χ3n) is 3.59. The van der Waals surface area contributed by atoms with Gasteiger partial charge in [-0.05, 0) is 31.0 Å². The van der Waals surface area contributed by atoms with Crippen molar-refractivity contribution in [3.8, 4) is 5.95 Å². The lowest BCUT2D eigenvalue weighted by Gasteiger charge is -2.07. The van der Waals surface area contributed by atoms with E-state index in [4.69, 9.17) is 11.6 Å². The third kappa shape index (κ3) is 4.19. The third-order valence-corrected chi connectivity index (χ3v) is 3.88. The summed E-state index contributed by atoms with van der Waals surface area (Å²) in [6.45, 7) is 1.85. The summed E-state index contributed by atoms with van der Waals surface area (Å²) >= 11 is 5.73. The van der Waals surface area contributed by atoms with Crippen molar-refractivity contribution in [3.05, 3.63) is 65.2 Å². The molecule has 0 spiro atoms. The van der Waals surface area contributed by atoms with E-state index in [-0.39, 0.29) is 17.4 Å². The number of anilines is 1. The van der Waals surface area contributed by atoms with Crippen LogP contribution in [0.15, 0.2) is 43.0 Å².